The topological polar surface area (TPSA) is 90.2 Å². The Morgan fingerprint density at radius 1 is 1.00 bits per heavy atom. The standard InChI is InChI=1S/C22H29N5O3/c1-2-23-22(25-12-7-11-24-20(28)18-8-4-3-5-9-18)27-15-13-26(14-16-27)21(29)19-10-6-17-30-19/h3-6,8-10,17H,2,7,11-16H2,1H3,(H,23,25)(H,24,28). The fourth-order valence-electron chi connectivity index (χ4n) is 3.26. The lowest BCUT2D eigenvalue weighted by Gasteiger charge is -2.36. The van der Waals surface area contributed by atoms with Crippen molar-refractivity contribution in [2.24, 2.45) is 4.99 Å². The Hall–Kier alpha value is -3.29. The van der Waals surface area contributed by atoms with Crippen molar-refractivity contribution in [1.82, 2.24) is 20.4 Å². The van der Waals surface area contributed by atoms with Gasteiger partial charge in [0.1, 0.15) is 0 Å². The number of hydrogen-bond donors (Lipinski definition) is 2. The maximum absolute atomic E-state index is 12.4. The molecule has 0 bridgehead atoms. The molecule has 2 heterocycles. The lowest BCUT2D eigenvalue weighted by Crippen LogP contribution is -2.53. The first-order valence-corrected chi connectivity index (χ1v) is 10.4. The quantitative estimate of drug-likeness (QED) is 0.412. The number of piperazine rings is 1. The van der Waals surface area contributed by atoms with E-state index >= 15 is 0 Å². The van der Waals surface area contributed by atoms with Crippen LogP contribution in [-0.4, -0.2) is 73.4 Å². The molecule has 1 saturated heterocycles. The molecule has 0 aliphatic carbocycles. The number of carbonyl (C=O) groups excluding carboxylic acids is 2. The Kier molecular flexibility index (Phi) is 7.88. The molecule has 0 spiro atoms. The number of amides is 2. The van der Waals surface area contributed by atoms with Gasteiger partial charge in [0, 0.05) is 51.4 Å². The van der Waals surface area contributed by atoms with E-state index in [2.05, 4.69) is 20.5 Å². The van der Waals surface area contributed by atoms with Gasteiger partial charge in [0.2, 0.25) is 0 Å². The monoisotopic (exact) mass is 411 g/mol. The number of aliphatic imine (C=N–C) groups is 1. The van der Waals surface area contributed by atoms with Crippen LogP contribution in [0.5, 0.6) is 0 Å². The summed E-state index contributed by atoms with van der Waals surface area (Å²) in [6.07, 6.45) is 2.27. The average molecular weight is 412 g/mol. The predicted octanol–water partition coefficient (Wildman–Crippen LogP) is 1.82. The fourth-order valence-corrected chi connectivity index (χ4v) is 3.26. The van der Waals surface area contributed by atoms with E-state index in [0.717, 1.165) is 18.9 Å². The minimum absolute atomic E-state index is 0.0659. The van der Waals surface area contributed by atoms with E-state index in [1.807, 2.05) is 25.1 Å². The number of carbonyl (C=O) groups is 2. The Balaban J connectivity index is 1.43. The highest BCUT2D eigenvalue weighted by Gasteiger charge is 2.25. The van der Waals surface area contributed by atoms with Gasteiger partial charge < -0.3 is 24.9 Å². The van der Waals surface area contributed by atoms with Crippen LogP contribution in [0.15, 0.2) is 58.1 Å². The van der Waals surface area contributed by atoms with E-state index in [4.69, 9.17) is 4.42 Å². The number of benzene rings is 1. The summed E-state index contributed by atoms with van der Waals surface area (Å²) in [6, 6.07) is 12.6. The zero-order chi connectivity index (χ0) is 21.2. The fraction of sp³-hybridized carbons (Fsp3) is 0.409. The molecule has 1 fully saturated rings. The summed E-state index contributed by atoms with van der Waals surface area (Å²) in [6.45, 7) is 6.66. The molecule has 2 amide bonds. The molecule has 3 rings (SSSR count). The van der Waals surface area contributed by atoms with E-state index in [9.17, 15) is 9.59 Å². The van der Waals surface area contributed by atoms with Gasteiger partial charge in [-0.2, -0.15) is 0 Å². The van der Waals surface area contributed by atoms with Crippen LogP contribution >= 0.6 is 0 Å². The minimum atomic E-state index is -0.0734. The van der Waals surface area contributed by atoms with Crippen LogP contribution in [0.1, 0.15) is 34.3 Å². The van der Waals surface area contributed by atoms with E-state index < -0.39 is 0 Å². The molecular formula is C22H29N5O3. The van der Waals surface area contributed by atoms with Crippen molar-refractivity contribution in [1.29, 1.82) is 0 Å². The smallest absolute Gasteiger partial charge is 0.289 e. The van der Waals surface area contributed by atoms with E-state index in [1.54, 1.807) is 29.2 Å². The highest BCUT2D eigenvalue weighted by Crippen LogP contribution is 2.09. The van der Waals surface area contributed by atoms with Crippen molar-refractivity contribution in [2.45, 2.75) is 13.3 Å². The Morgan fingerprint density at radius 3 is 2.40 bits per heavy atom. The van der Waals surface area contributed by atoms with E-state index in [1.165, 1.54) is 6.26 Å². The molecule has 8 nitrogen and oxygen atoms in total. The first-order valence-electron chi connectivity index (χ1n) is 10.4. The first-order chi connectivity index (χ1) is 14.7. The van der Waals surface area contributed by atoms with Crippen LogP contribution in [0.25, 0.3) is 0 Å². The molecule has 0 radical (unpaired) electrons. The molecule has 1 aromatic heterocycles. The molecule has 2 aromatic rings. The van der Waals surface area contributed by atoms with E-state index in [0.29, 0.717) is 50.6 Å². The second-order valence-corrected chi connectivity index (χ2v) is 6.97. The molecule has 0 unspecified atom stereocenters. The van der Waals surface area contributed by atoms with Gasteiger partial charge in [-0.05, 0) is 37.6 Å². The maximum Gasteiger partial charge on any atom is 0.289 e. The number of rotatable bonds is 7. The second kappa shape index (κ2) is 11.0. The first kappa shape index (κ1) is 21.4. The third-order valence-electron chi connectivity index (χ3n) is 4.85. The largest absolute Gasteiger partial charge is 0.459 e. The molecule has 0 atom stereocenters. The number of furan rings is 1. The van der Waals surface area contributed by atoms with Crippen LogP contribution in [-0.2, 0) is 0 Å². The number of nitrogens with zero attached hydrogens (tertiary/aromatic N) is 3. The van der Waals surface area contributed by atoms with Gasteiger partial charge in [-0.3, -0.25) is 14.6 Å². The molecule has 1 aliphatic rings. The number of guanidine groups is 1. The molecule has 1 aromatic carbocycles. The van der Waals surface area contributed by atoms with Gasteiger partial charge >= 0.3 is 0 Å². The SMILES string of the molecule is CCNC(=NCCCNC(=O)c1ccccc1)N1CCN(C(=O)c2ccco2)CC1. The van der Waals surface area contributed by atoms with Crippen molar-refractivity contribution >= 4 is 17.8 Å². The zero-order valence-corrected chi connectivity index (χ0v) is 17.3. The molecule has 8 heteroatoms. The van der Waals surface area contributed by atoms with Crippen molar-refractivity contribution in [2.75, 3.05) is 45.8 Å². The zero-order valence-electron chi connectivity index (χ0n) is 17.3. The van der Waals surface area contributed by atoms with Gasteiger partial charge in [-0.15, -0.1) is 0 Å². The average Bonchev–Trinajstić information content (AvgIpc) is 3.33. The van der Waals surface area contributed by atoms with Crippen LogP contribution in [0, 0.1) is 0 Å². The highest BCUT2D eigenvalue weighted by molar-refractivity contribution is 5.94. The lowest BCUT2D eigenvalue weighted by molar-refractivity contribution is 0.0657. The minimum Gasteiger partial charge on any atom is -0.459 e. The Morgan fingerprint density at radius 2 is 1.73 bits per heavy atom. The van der Waals surface area contributed by atoms with Crippen LogP contribution < -0.4 is 10.6 Å². The second-order valence-electron chi connectivity index (χ2n) is 6.97. The molecule has 1 aliphatic heterocycles. The van der Waals surface area contributed by atoms with Gasteiger partial charge in [0.25, 0.3) is 11.8 Å². The van der Waals surface area contributed by atoms with Crippen molar-refractivity contribution in [3.8, 4) is 0 Å². The van der Waals surface area contributed by atoms with Crippen molar-refractivity contribution < 1.29 is 14.0 Å². The Bertz CT molecular complexity index is 828. The summed E-state index contributed by atoms with van der Waals surface area (Å²) in [5.41, 5.74) is 0.663. The Labute approximate surface area is 176 Å². The number of hydrogen-bond acceptors (Lipinski definition) is 4. The number of nitrogens with one attached hydrogen (secondary N) is 2. The lowest BCUT2D eigenvalue weighted by atomic mass is 10.2. The summed E-state index contributed by atoms with van der Waals surface area (Å²) in [4.78, 5) is 33.1. The van der Waals surface area contributed by atoms with Crippen LogP contribution in [0.2, 0.25) is 0 Å². The molecule has 0 saturated carbocycles. The molecule has 30 heavy (non-hydrogen) atoms. The molecule has 160 valence electrons. The van der Waals surface area contributed by atoms with Gasteiger partial charge in [-0.1, -0.05) is 18.2 Å². The van der Waals surface area contributed by atoms with Crippen LogP contribution in [0.3, 0.4) is 0 Å². The summed E-state index contributed by atoms with van der Waals surface area (Å²) in [5.74, 6) is 1.08. The van der Waals surface area contributed by atoms with Crippen molar-refractivity contribution in [3.05, 3.63) is 60.1 Å². The molecule has 2 N–H and O–H groups in total. The van der Waals surface area contributed by atoms with Gasteiger partial charge in [0.15, 0.2) is 11.7 Å². The summed E-state index contributed by atoms with van der Waals surface area (Å²) in [5, 5.41) is 6.24. The molecular weight excluding hydrogens is 382 g/mol. The summed E-state index contributed by atoms with van der Waals surface area (Å²) >= 11 is 0. The normalized spacial score (nSPS) is 14.5. The van der Waals surface area contributed by atoms with Crippen LogP contribution in [0.4, 0.5) is 0 Å². The third-order valence-corrected chi connectivity index (χ3v) is 4.85. The van der Waals surface area contributed by atoms with E-state index in [-0.39, 0.29) is 11.8 Å². The van der Waals surface area contributed by atoms with Gasteiger partial charge in [-0.25, -0.2) is 0 Å². The third kappa shape index (κ3) is 5.85. The summed E-state index contributed by atoms with van der Waals surface area (Å²) < 4.78 is 5.21. The maximum atomic E-state index is 12.4. The van der Waals surface area contributed by atoms with Crippen molar-refractivity contribution in [3.63, 3.8) is 0 Å². The summed E-state index contributed by atoms with van der Waals surface area (Å²) in [7, 11) is 0. The highest BCUT2D eigenvalue weighted by atomic mass is 16.3. The van der Waals surface area contributed by atoms with Gasteiger partial charge in [0.05, 0.1) is 6.26 Å². The predicted molar refractivity (Wildman–Crippen MR) is 116 cm³/mol.